The Bertz CT molecular complexity index is 4270. The molecular formula is C67H44N2O. The summed E-state index contributed by atoms with van der Waals surface area (Å²) in [5.74, 6) is 0. The number of furan rings is 1. The number of benzene rings is 11. The molecule has 0 saturated heterocycles. The lowest BCUT2D eigenvalue weighted by Crippen LogP contribution is -2.33. The molecule has 0 N–H and O–H groups in total. The highest BCUT2D eigenvalue weighted by Gasteiger charge is 2.51. The predicted octanol–water partition coefficient (Wildman–Crippen LogP) is 17.9. The molecule has 1 aliphatic carbocycles. The van der Waals surface area contributed by atoms with Crippen molar-refractivity contribution in [1.82, 2.24) is 4.57 Å². The lowest BCUT2D eigenvalue weighted by molar-refractivity contribution is 0.670. The van der Waals surface area contributed by atoms with Gasteiger partial charge in [0.25, 0.3) is 0 Å². The van der Waals surface area contributed by atoms with E-state index in [0.717, 1.165) is 50.1 Å². The smallest absolute Gasteiger partial charge is 0.143 e. The van der Waals surface area contributed by atoms with Crippen molar-refractivity contribution in [2.24, 2.45) is 0 Å². The third-order valence-electron chi connectivity index (χ3n) is 15.5. The van der Waals surface area contributed by atoms with Crippen LogP contribution in [0.3, 0.4) is 0 Å². The van der Waals surface area contributed by atoms with Gasteiger partial charge in [-0.2, -0.15) is 0 Å². The molecular weight excluding hydrogens is 849 g/mol. The van der Waals surface area contributed by atoms with Crippen LogP contribution in [0.5, 0.6) is 0 Å². The van der Waals surface area contributed by atoms with E-state index in [1.165, 1.54) is 93.9 Å². The summed E-state index contributed by atoms with van der Waals surface area (Å²) in [6.07, 6.45) is 0. The van der Waals surface area contributed by atoms with Gasteiger partial charge in [0.1, 0.15) is 11.2 Å². The Hall–Kier alpha value is -8.92. The lowest BCUT2D eigenvalue weighted by Gasteiger charge is -2.40. The number of hydrogen-bond donors (Lipinski definition) is 0. The average Bonchev–Trinajstić information content (AvgIpc) is 4.05. The fraction of sp³-hybridized carbons (Fsp3) is 0.0448. The van der Waals surface area contributed by atoms with Crippen LogP contribution in [0.1, 0.15) is 33.4 Å². The van der Waals surface area contributed by atoms with Gasteiger partial charge in [-0.3, -0.25) is 0 Å². The highest BCUT2D eigenvalue weighted by Crippen LogP contribution is 2.61. The van der Waals surface area contributed by atoms with Crippen LogP contribution in [0.25, 0.3) is 93.6 Å². The SMILES string of the molecule is Cc1ccc2c(c1)c1cc(C)cc3c1n2-c1ccc(-c2ccc(N(c4ccc(-c5cccc6c5oc5ccccc56)cc4)c4cccc5ccccc45)cc2)cc1C31c2ccccc2-c2ccccc21. The Morgan fingerprint density at radius 1 is 0.400 bits per heavy atom. The van der Waals surface area contributed by atoms with E-state index in [1.807, 2.05) is 12.1 Å². The number of anilines is 3. The second-order valence-electron chi connectivity index (χ2n) is 19.3. The molecule has 328 valence electrons. The summed E-state index contributed by atoms with van der Waals surface area (Å²) in [5.41, 5.74) is 23.4. The van der Waals surface area contributed by atoms with E-state index in [2.05, 4.69) is 242 Å². The fourth-order valence-corrected chi connectivity index (χ4v) is 12.5. The number of rotatable bonds is 5. The van der Waals surface area contributed by atoms with Crippen molar-refractivity contribution < 1.29 is 4.42 Å². The van der Waals surface area contributed by atoms with Crippen LogP contribution in [0.4, 0.5) is 17.1 Å². The molecule has 70 heavy (non-hydrogen) atoms. The molecule has 0 saturated carbocycles. The van der Waals surface area contributed by atoms with E-state index >= 15 is 0 Å². The van der Waals surface area contributed by atoms with Crippen molar-refractivity contribution in [3.8, 4) is 39.1 Å². The monoisotopic (exact) mass is 892 g/mol. The Kier molecular flexibility index (Phi) is 8.13. The van der Waals surface area contributed by atoms with Crippen LogP contribution >= 0.6 is 0 Å². The predicted molar refractivity (Wildman–Crippen MR) is 291 cm³/mol. The summed E-state index contributed by atoms with van der Waals surface area (Å²) in [5, 5.41) is 7.28. The quantitative estimate of drug-likeness (QED) is 0.172. The molecule has 3 nitrogen and oxygen atoms in total. The standard InChI is InChI=1S/C67H44N2O/c1-41-25-35-62-55(37-41)56-38-42(2)39-60-65(56)69(62)63-36-30-46(40-59(63)67(60)57-21-8-5-16-51(57)52-17-6-9-22-58(52)67)43-26-31-47(32-27-43)68(61-23-11-14-44-13-3-4-15-49(44)61)48-33-28-45(29-34-48)50-19-12-20-54-53-18-7-10-24-64(53)70-66(50)54/h3-40H,1-2H3. The minimum absolute atomic E-state index is 0.518. The maximum atomic E-state index is 6.48. The molecule has 1 spiro atoms. The second-order valence-corrected chi connectivity index (χ2v) is 19.3. The van der Waals surface area contributed by atoms with Gasteiger partial charge in [-0.05, 0) is 136 Å². The summed E-state index contributed by atoms with van der Waals surface area (Å²) in [6, 6.07) is 85.5. The molecule has 13 aromatic rings. The first-order valence-electron chi connectivity index (χ1n) is 24.3. The largest absolute Gasteiger partial charge is 0.455 e. The van der Waals surface area contributed by atoms with Crippen LogP contribution in [0.2, 0.25) is 0 Å². The number of aromatic nitrogens is 1. The van der Waals surface area contributed by atoms with Gasteiger partial charge in [-0.25, -0.2) is 0 Å². The Labute approximate surface area is 405 Å². The van der Waals surface area contributed by atoms with Gasteiger partial charge in [0.15, 0.2) is 0 Å². The van der Waals surface area contributed by atoms with Crippen molar-refractivity contribution in [3.05, 3.63) is 264 Å². The summed E-state index contributed by atoms with van der Waals surface area (Å²) in [7, 11) is 0. The highest BCUT2D eigenvalue weighted by molar-refractivity contribution is 6.14. The zero-order valence-electron chi connectivity index (χ0n) is 38.7. The molecule has 0 amide bonds. The first kappa shape index (κ1) is 39.1. The third kappa shape index (κ3) is 5.35. The van der Waals surface area contributed by atoms with E-state index in [1.54, 1.807) is 0 Å². The summed E-state index contributed by atoms with van der Waals surface area (Å²) in [6.45, 7) is 4.47. The van der Waals surface area contributed by atoms with Crippen molar-refractivity contribution in [2.45, 2.75) is 19.3 Å². The van der Waals surface area contributed by atoms with Crippen LogP contribution in [-0.2, 0) is 5.41 Å². The first-order chi connectivity index (χ1) is 34.5. The minimum Gasteiger partial charge on any atom is -0.455 e. The van der Waals surface area contributed by atoms with Crippen LogP contribution in [-0.4, -0.2) is 4.57 Å². The molecule has 0 fully saturated rings. The molecule has 2 aromatic heterocycles. The van der Waals surface area contributed by atoms with E-state index in [-0.39, 0.29) is 0 Å². The van der Waals surface area contributed by atoms with Crippen molar-refractivity contribution >= 4 is 71.6 Å². The highest BCUT2D eigenvalue weighted by atomic mass is 16.3. The summed E-state index contributed by atoms with van der Waals surface area (Å²) < 4.78 is 9.03. The van der Waals surface area contributed by atoms with Crippen LogP contribution in [0, 0.1) is 13.8 Å². The van der Waals surface area contributed by atoms with E-state index < -0.39 is 5.41 Å². The van der Waals surface area contributed by atoms with Gasteiger partial charge >= 0.3 is 0 Å². The fourth-order valence-electron chi connectivity index (χ4n) is 12.5. The number of hydrogen-bond acceptors (Lipinski definition) is 2. The van der Waals surface area contributed by atoms with E-state index in [0.29, 0.717) is 0 Å². The number of nitrogens with zero attached hydrogens (tertiary/aromatic N) is 2. The number of aryl methyl sites for hydroxylation is 2. The Balaban J connectivity index is 0.902. The summed E-state index contributed by atoms with van der Waals surface area (Å²) in [4.78, 5) is 2.40. The lowest BCUT2D eigenvalue weighted by atomic mass is 9.65. The average molecular weight is 893 g/mol. The maximum absolute atomic E-state index is 6.48. The van der Waals surface area contributed by atoms with Crippen LogP contribution in [0.15, 0.2) is 235 Å². The number of para-hydroxylation sites is 2. The van der Waals surface area contributed by atoms with Gasteiger partial charge in [0.05, 0.1) is 27.8 Å². The van der Waals surface area contributed by atoms with E-state index in [4.69, 9.17) is 4.42 Å². The maximum Gasteiger partial charge on any atom is 0.143 e. The molecule has 15 rings (SSSR count). The molecule has 3 heteroatoms. The zero-order valence-corrected chi connectivity index (χ0v) is 38.7. The van der Waals surface area contributed by atoms with Crippen molar-refractivity contribution in [3.63, 3.8) is 0 Å². The molecule has 1 aliphatic heterocycles. The Morgan fingerprint density at radius 3 is 1.80 bits per heavy atom. The van der Waals surface area contributed by atoms with Gasteiger partial charge < -0.3 is 13.9 Å². The second kappa shape index (κ2) is 14.5. The molecule has 2 aliphatic rings. The first-order valence-corrected chi connectivity index (χ1v) is 24.3. The molecule has 3 heterocycles. The Morgan fingerprint density at radius 2 is 1.01 bits per heavy atom. The van der Waals surface area contributed by atoms with Gasteiger partial charge in [-0.1, -0.05) is 175 Å². The molecule has 0 bridgehead atoms. The zero-order chi connectivity index (χ0) is 46.2. The normalized spacial score (nSPS) is 13.1. The molecule has 0 atom stereocenters. The van der Waals surface area contributed by atoms with Gasteiger partial charge in [0.2, 0.25) is 0 Å². The third-order valence-corrected chi connectivity index (χ3v) is 15.5. The minimum atomic E-state index is -0.518. The van der Waals surface area contributed by atoms with E-state index in [9.17, 15) is 0 Å². The molecule has 11 aromatic carbocycles. The number of fused-ring (bicyclic) bond motifs is 16. The molecule has 0 radical (unpaired) electrons. The summed E-state index contributed by atoms with van der Waals surface area (Å²) >= 11 is 0. The van der Waals surface area contributed by atoms with Crippen molar-refractivity contribution in [2.75, 3.05) is 4.90 Å². The van der Waals surface area contributed by atoms with Gasteiger partial charge in [-0.15, -0.1) is 0 Å². The topological polar surface area (TPSA) is 21.3 Å². The van der Waals surface area contributed by atoms with Crippen molar-refractivity contribution in [1.29, 1.82) is 0 Å². The molecule has 0 unspecified atom stereocenters. The van der Waals surface area contributed by atoms with Gasteiger partial charge in [0, 0.05) is 43.9 Å². The van der Waals surface area contributed by atoms with Crippen LogP contribution < -0.4 is 4.90 Å².